The van der Waals surface area contributed by atoms with Gasteiger partial charge in [0.25, 0.3) is 0 Å². The molecular weight excluding hydrogens is 161 g/mol. The summed E-state index contributed by atoms with van der Waals surface area (Å²) in [4.78, 5) is 0. The van der Waals surface area contributed by atoms with Gasteiger partial charge < -0.3 is 10.2 Å². The van der Waals surface area contributed by atoms with Crippen LogP contribution in [0.4, 0.5) is 13.2 Å². The zero-order chi connectivity index (χ0) is 9.07. The highest BCUT2D eigenvalue weighted by molar-refractivity contribution is 4.73. The minimum absolute atomic E-state index is 0.217. The molecule has 0 bridgehead atoms. The smallest absolute Gasteiger partial charge is 0.394 e. The van der Waals surface area contributed by atoms with Crippen molar-refractivity contribution >= 4 is 0 Å². The second-order valence-electron chi connectivity index (χ2n) is 2.31. The van der Waals surface area contributed by atoms with Crippen LogP contribution in [0.2, 0.25) is 0 Å². The summed E-state index contributed by atoms with van der Waals surface area (Å²) in [6.45, 7) is 0.467. The van der Waals surface area contributed by atoms with Crippen molar-refractivity contribution in [3.05, 3.63) is 0 Å². The summed E-state index contributed by atoms with van der Waals surface area (Å²) in [5.74, 6) is -1.81. The van der Waals surface area contributed by atoms with Gasteiger partial charge in [0, 0.05) is 0 Å². The van der Waals surface area contributed by atoms with Gasteiger partial charge in [-0.15, -0.1) is 0 Å². The van der Waals surface area contributed by atoms with E-state index in [2.05, 4.69) is 0 Å². The Morgan fingerprint density at radius 1 is 1.36 bits per heavy atom. The zero-order valence-electron chi connectivity index (χ0n) is 6.10. The monoisotopic (exact) mass is 172 g/mol. The number of aliphatic hydroxyl groups is 2. The SMILES string of the molecule is CCC(C(O)CO)C(F)(F)F. The van der Waals surface area contributed by atoms with Gasteiger partial charge in [-0.2, -0.15) is 13.2 Å². The van der Waals surface area contributed by atoms with Crippen molar-refractivity contribution in [3.8, 4) is 0 Å². The normalized spacial score (nSPS) is 18.0. The fraction of sp³-hybridized carbons (Fsp3) is 1.00. The largest absolute Gasteiger partial charge is 0.394 e. The molecule has 0 aliphatic carbocycles. The highest BCUT2D eigenvalue weighted by Crippen LogP contribution is 2.30. The third kappa shape index (κ3) is 3.07. The van der Waals surface area contributed by atoms with E-state index >= 15 is 0 Å². The molecule has 0 aromatic rings. The molecule has 0 radical (unpaired) electrons. The Labute approximate surface area is 62.6 Å². The molecule has 5 heteroatoms. The van der Waals surface area contributed by atoms with E-state index in [0.29, 0.717) is 0 Å². The van der Waals surface area contributed by atoms with E-state index in [4.69, 9.17) is 10.2 Å². The first-order valence-corrected chi connectivity index (χ1v) is 3.29. The maximum Gasteiger partial charge on any atom is 0.394 e. The van der Waals surface area contributed by atoms with E-state index in [0.717, 1.165) is 0 Å². The van der Waals surface area contributed by atoms with Crippen LogP contribution in [-0.4, -0.2) is 29.1 Å². The number of hydrogen-bond donors (Lipinski definition) is 2. The van der Waals surface area contributed by atoms with Crippen molar-refractivity contribution < 1.29 is 23.4 Å². The van der Waals surface area contributed by atoms with Crippen molar-refractivity contribution in [2.45, 2.75) is 25.6 Å². The third-order valence-electron chi connectivity index (χ3n) is 1.51. The molecule has 2 unspecified atom stereocenters. The van der Waals surface area contributed by atoms with Gasteiger partial charge in [-0.05, 0) is 6.42 Å². The molecule has 0 fully saturated rings. The van der Waals surface area contributed by atoms with Gasteiger partial charge in [-0.3, -0.25) is 0 Å². The van der Waals surface area contributed by atoms with Gasteiger partial charge in [-0.1, -0.05) is 6.92 Å². The summed E-state index contributed by atoms with van der Waals surface area (Å²) in [5, 5.41) is 16.9. The van der Waals surface area contributed by atoms with Crippen molar-refractivity contribution in [3.63, 3.8) is 0 Å². The van der Waals surface area contributed by atoms with Gasteiger partial charge in [0.2, 0.25) is 0 Å². The molecule has 2 atom stereocenters. The quantitative estimate of drug-likeness (QED) is 0.664. The average Bonchev–Trinajstić information content (AvgIpc) is 1.86. The van der Waals surface area contributed by atoms with E-state index in [1.165, 1.54) is 6.92 Å². The molecule has 0 heterocycles. The number of halogens is 3. The Morgan fingerprint density at radius 2 is 1.82 bits per heavy atom. The Kier molecular flexibility index (Phi) is 3.82. The van der Waals surface area contributed by atoms with E-state index in [1.54, 1.807) is 0 Å². The molecule has 2 N–H and O–H groups in total. The Balaban J connectivity index is 4.16. The molecule has 0 aromatic carbocycles. The predicted molar refractivity (Wildman–Crippen MR) is 32.9 cm³/mol. The molecular formula is C6H11F3O2. The van der Waals surface area contributed by atoms with Crippen LogP contribution >= 0.6 is 0 Å². The maximum atomic E-state index is 11.9. The summed E-state index contributed by atoms with van der Waals surface area (Å²) >= 11 is 0. The van der Waals surface area contributed by atoms with Crippen molar-refractivity contribution in [1.29, 1.82) is 0 Å². The Hall–Kier alpha value is -0.290. The van der Waals surface area contributed by atoms with Crippen LogP contribution in [0, 0.1) is 5.92 Å². The zero-order valence-corrected chi connectivity index (χ0v) is 6.10. The maximum absolute atomic E-state index is 11.9. The lowest BCUT2D eigenvalue weighted by Gasteiger charge is -2.22. The van der Waals surface area contributed by atoms with Crippen LogP contribution in [0.1, 0.15) is 13.3 Å². The van der Waals surface area contributed by atoms with Gasteiger partial charge in [0.05, 0.1) is 18.6 Å². The Bertz CT molecular complexity index is 113. The standard InChI is InChI=1S/C6H11F3O2/c1-2-4(5(11)3-10)6(7,8)9/h4-5,10-11H,2-3H2,1H3. The molecule has 0 aliphatic heterocycles. The van der Waals surface area contributed by atoms with Gasteiger partial charge in [0.15, 0.2) is 0 Å². The summed E-state index contributed by atoms with van der Waals surface area (Å²) in [5.41, 5.74) is 0. The second kappa shape index (κ2) is 3.92. The van der Waals surface area contributed by atoms with Gasteiger partial charge in [0.1, 0.15) is 0 Å². The molecule has 0 saturated heterocycles. The second-order valence-corrected chi connectivity index (χ2v) is 2.31. The third-order valence-corrected chi connectivity index (χ3v) is 1.51. The first-order chi connectivity index (χ1) is 4.93. The van der Waals surface area contributed by atoms with Crippen LogP contribution in [-0.2, 0) is 0 Å². The number of rotatable bonds is 3. The summed E-state index contributed by atoms with van der Waals surface area (Å²) < 4.78 is 35.7. The van der Waals surface area contributed by atoms with Gasteiger partial charge >= 0.3 is 6.18 Å². The molecule has 0 aliphatic rings. The fourth-order valence-corrected chi connectivity index (χ4v) is 0.849. The van der Waals surface area contributed by atoms with E-state index in [-0.39, 0.29) is 6.42 Å². The van der Waals surface area contributed by atoms with Crippen LogP contribution in [0.25, 0.3) is 0 Å². The summed E-state index contributed by atoms with van der Waals surface area (Å²) in [7, 11) is 0. The fourth-order valence-electron chi connectivity index (χ4n) is 0.849. The molecule has 11 heavy (non-hydrogen) atoms. The van der Waals surface area contributed by atoms with E-state index in [1.807, 2.05) is 0 Å². The Morgan fingerprint density at radius 3 is 1.91 bits per heavy atom. The average molecular weight is 172 g/mol. The van der Waals surface area contributed by atoms with Crippen molar-refractivity contribution in [2.24, 2.45) is 5.92 Å². The number of alkyl halides is 3. The lowest BCUT2D eigenvalue weighted by molar-refractivity contribution is -0.204. The van der Waals surface area contributed by atoms with Crippen molar-refractivity contribution in [1.82, 2.24) is 0 Å². The molecule has 68 valence electrons. The lowest BCUT2D eigenvalue weighted by atomic mass is 10.00. The highest BCUT2D eigenvalue weighted by atomic mass is 19.4. The first kappa shape index (κ1) is 10.7. The van der Waals surface area contributed by atoms with Crippen LogP contribution in [0.15, 0.2) is 0 Å². The molecule has 0 saturated carbocycles. The molecule has 0 aromatic heterocycles. The van der Waals surface area contributed by atoms with Crippen LogP contribution in [0.3, 0.4) is 0 Å². The van der Waals surface area contributed by atoms with E-state index in [9.17, 15) is 13.2 Å². The minimum atomic E-state index is -4.42. The number of hydrogen-bond acceptors (Lipinski definition) is 2. The van der Waals surface area contributed by atoms with Gasteiger partial charge in [-0.25, -0.2) is 0 Å². The molecule has 0 rings (SSSR count). The minimum Gasteiger partial charge on any atom is -0.394 e. The summed E-state index contributed by atoms with van der Waals surface area (Å²) in [6, 6.07) is 0. The van der Waals surface area contributed by atoms with E-state index < -0.39 is 24.8 Å². The molecule has 2 nitrogen and oxygen atoms in total. The summed E-state index contributed by atoms with van der Waals surface area (Å²) in [6.07, 6.45) is -6.33. The lowest BCUT2D eigenvalue weighted by Crippen LogP contribution is -2.35. The topological polar surface area (TPSA) is 40.5 Å². The first-order valence-electron chi connectivity index (χ1n) is 3.29. The molecule has 0 spiro atoms. The highest BCUT2D eigenvalue weighted by Gasteiger charge is 2.42. The number of aliphatic hydroxyl groups excluding tert-OH is 2. The molecule has 0 amide bonds. The van der Waals surface area contributed by atoms with Crippen molar-refractivity contribution in [2.75, 3.05) is 6.61 Å². The predicted octanol–water partition coefficient (Wildman–Crippen LogP) is 0.928. The van der Waals surface area contributed by atoms with Crippen LogP contribution in [0.5, 0.6) is 0 Å². The van der Waals surface area contributed by atoms with Crippen LogP contribution < -0.4 is 0 Å².